The number of likely N-dealkylation sites (N-methyl/N-ethyl adjacent to an activating group) is 1. The van der Waals surface area contributed by atoms with Crippen LogP contribution < -0.4 is 4.90 Å². The average molecular weight is 423 g/mol. The van der Waals surface area contributed by atoms with Crippen molar-refractivity contribution in [2.75, 3.05) is 25.0 Å². The number of Topliss-reactive ketones (excluding diaryl/α,β-unsaturated/α-hetero) is 1. The van der Waals surface area contributed by atoms with Crippen LogP contribution in [-0.2, 0) is 6.42 Å². The van der Waals surface area contributed by atoms with E-state index in [-0.39, 0.29) is 11.7 Å². The van der Waals surface area contributed by atoms with E-state index in [2.05, 4.69) is 72.0 Å². The van der Waals surface area contributed by atoms with Crippen LogP contribution in [0.5, 0.6) is 0 Å². The summed E-state index contributed by atoms with van der Waals surface area (Å²) in [6.45, 7) is 8.30. The number of oxazole rings is 1. The summed E-state index contributed by atoms with van der Waals surface area (Å²) >= 11 is 0. The number of fused-ring (bicyclic) bond motifs is 1. The highest BCUT2D eigenvalue weighted by Gasteiger charge is 2.29. The molecule has 0 radical (unpaired) electrons. The monoisotopic (exact) mass is 422 g/mol. The Morgan fingerprint density at radius 1 is 1.26 bits per heavy atom. The van der Waals surface area contributed by atoms with Gasteiger partial charge in [0.15, 0.2) is 11.5 Å². The Balaban J connectivity index is 1.43. The van der Waals surface area contributed by atoms with Gasteiger partial charge in [0.25, 0.3) is 6.01 Å². The van der Waals surface area contributed by atoms with Crippen LogP contribution in [0.1, 0.15) is 56.2 Å². The van der Waals surface area contributed by atoms with E-state index in [1.54, 1.807) is 6.20 Å². The van der Waals surface area contributed by atoms with Crippen LogP contribution in [0.2, 0.25) is 0 Å². The second-order valence-electron chi connectivity index (χ2n) is 9.12. The van der Waals surface area contributed by atoms with Gasteiger partial charge in [0, 0.05) is 48.7 Å². The fourth-order valence-electron chi connectivity index (χ4n) is 4.76. The lowest BCUT2D eigenvalue weighted by atomic mass is 9.90. The van der Waals surface area contributed by atoms with Crippen LogP contribution in [0.3, 0.4) is 0 Å². The van der Waals surface area contributed by atoms with E-state index >= 15 is 0 Å². The van der Waals surface area contributed by atoms with Gasteiger partial charge in [0.05, 0.1) is 6.20 Å². The molecule has 0 bridgehead atoms. The van der Waals surface area contributed by atoms with Gasteiger partial charge in [-0.15, -0.1) is 0 Å². The minimum absolute atomic E-state index is 0.0484. The number of ketones is 1. The number of hydrogen-bond acceptors (Lipinski definition) is 5. The van der Waals surface area contributed by atoms with Crippen LogP contribution in [0.15, 0.2) is 41.1 Å². The third kappa shape index (κ3) is 4.69. The van der Waals surface area contributed by atoms with Crippen molar-refractivity contribution in [1.82, 2.24) is 14.9 Å². The minimum Gasteiger partial charge on any atom is -0.420 e. The lowest BCUT2D eigenvalue weighted by Crippen LogP contribution is -2.55. The number of piperazine rings is 1. The molecule has 0 spiro atoms. The predicted octanol–water partition coefficient (Wildman–Crippen LogP) is 4.92. The summed E-state index contributed by atoms with van der Waals surface area (Å²) in [7, 11) is 2.15. The number of hydrogen-bond donors (Lipinski definition) is 1. The average Bonchev–Trinajstić information content (AvgIpc) is 3.40. The van der Waals surface area contributed by atoms with Gasteiger partial charge in [-0.05, 0) is 51.3 Å². The van der Waals surface area contributed by atoms with Gasteiger partial charge in [0.2, 0.25) is 0 Å². The zero-order valence-corrected chi connectivity index (χ0v) is 19.1. The highest BCUT2D eigenvalue weighted by molar-refractivity contribution is 5.93. The Kier molecular flexibility index (Phi) is 6.46. The highest BCUT2D eigenvalue weighted by atomic mass is 16.4. The van der Waals surface area contributed by atoms with Crippen LogP contribution >= 0.6 is 0 Å². The molecule has 4 rings (SSSR count). The van der Waals surface area contributed by atoms with Crippen molar-refractivity contribution in [2.45, 2.75) is 58.5 Å². The lowest BCUT2D eigenvalue weighted by Gasteiger charge is -2.41. The molecule has 1 unspecified atom stereocenters. The largest absolute Gasteiger partial charge is 0.420 e. The Morgan fingerprint density at radius 3 is 2.74 bits per heavy atom. The van der Waals surface area contributed by atoms with Crippen LogP contribution in [0, 0.1) is 5.92 Å². The first-order chi connectivity index (χ1) is 15.0. The molecule has 6 nitrogen and oxygen atoms in total. The van der Waals surface area contributed by atoms with Gasteiger partial charge in [-0.3, -0.25) is 9.69 Å². The Morgan fingerprint density at radius 2 is 2.00 bits per heavy atom. The number of nitrogens with zero attached hydrogens (tertiary/aromatic N) is 3. The first kappa shape index (κ1) is 21.6. The molecule has 3 heterocycles. The molecular formula is C25H34N4O2. The molecule has 3 atom stereocenters. The first-order valence-corrected chi connectivity index (χ1v) is 11.5. The number of carbonyl (C=O) groups is 1. The number of aromatic nitrogens is 2. The van der Waals surface area contributed by atoms with Crippen molar-refractivity contribution in [1.29, 1.82) is 0 Å². The molecule has 1 aliphatic rings. The van der Waals surface area contributed by atoms with Gasteiger partial charge in [-0.1, -0.05) is 31.5 Å². The number of benzene rings is 1. The van der Waals surface area contributed by atoms with E-state index in [9.17, 15) is 4.79 Å². The van der Waals surface area contributed by atoms with Gasteiger partial charge < -0.3 is 14.3 Å². The second-order valence-corrected chi connectivity index (χ2v) is 9.12. The lowest BCUT2D eigenvalue weighted by molar-refractivity contribution is 0.0931. The second kappa shape index (κ2) is 9.27. The standard InChI is InChI=1S/C25H34N4O2/c1-5-8-19(11-20-13-26-22-10-7-6-9-21(20)22)12-23(30)24-14-27-25(31-24)29-15-17(2)28(4)18(3)16-29/h6-7,9-10,13-14,17-19,26H,5,8,11-12,15-16H2,1-4H3/t17-,18+,19?. The van der Waals surface area contributed by atoms with Gasteiger partial charge in [0.1, 0.15) is 0 Å². The third-order valence-corrected chi connectivity index (χ3v) is 6.75. The molecule has 0 amide bonds. The molecule has 31 heavy (non-hydrogen) atoms. The summed E-state index contributed by atoms with van der Waals surface area (Å²) in [5.74, 6) is 0.718. The van der Waals surface area contributed by atoms with E-state index < -0.39 is 0 Å². The summed E-state index contributed by atoms with van der Waals surface area (Å²) in [6.07, 6.45) is 7.13. The van der Waals surface area contributed by atoms with Gasteiger partial charge >= 0.3 is 0 Å². The van der Waals surface area contributed by atoms with Crippen LogP contribution in [0.25, 0.3) is 10.9 Å². The highest BCUT2D eigenvalue weighted by Crippen LogP contribution is 2.27. The molecule has 1 N–H and O–H groups in total. The smallest absolute Gasteiger partial charge is 0.297 e. The maximum absolute atomic E-state index is 13.0. The summed E-state index contributed by atoms with van der Waals surface area (Å²) in [5, 5.41) is 1.25. The normalized spacial score (nSPS) is 21.0. The molecule has 2 aromatic heterocycles. The van der Waals surface area contributed by atoms with Crippen molar-refractivity contribution in [3.05, 3.63) is 48.0 Å². The fourth-order valence-corrected chi connectivity index (χ4v) is 4.76. The first-order valence-electron chi connectivity index (χ1n) is 11.5. The summed E-state index contributed by atoms with van der Waals surface area (Å²) in [4.78, 5) is 25.3. The molecule has 1 fully saturated rings. The Labute approximate surface area is 184 Å². The molecule has 1 aliphatic heterocycles. The predicted molar refractivity (Wildman–Crippen MR) is 125 cm³/mol. The Hall–Kier alpha value is -2.60. The van der Waals surface area contributed by atoms with Crippen molar-refractivity contribution in [3.63, 3.8) is 0 Å². The maximum Gasteiger partial charge on any atom is 0.297 e. The van der Waals surface area contributed by atoms with Crippen LogP contribution in [-0.4, -0.2) is 52.9 Å². The van der Waals surface area contributed by atoms with E-state index in [1.165, 1.54) is 10.9 Å². The maximum atomic E-state index is 13.0. The molecule has 1 aromatic carbocycles. The third-order valence-electron chi connectivity index (χ3n) is 6.75. The van der Waals surface area contributed by atoms with E-state index in [4.69, 9.17) is 4.42 Å². The van der Waals surface area contributed by atoms with Gasteiger partial charge in [-0.25, -0.2) is 4.98 Å². The summed E-state index contributed by atoms with van der Waals surface area (Å²) in [6, 6.07) is 9.75. The van der Waals surface area contributed by atoms with Crippen molar-refractivity contribution in [3.8, 4) is 0 Å². The fraction of sp³-hybridized carbons (Fsp3) is 0.520. The van der Waals surface area contributed by atoms with E-state index in [0.717, 1.165) is 37.9 Å². The van der Waals surface area contributed by atoms with Crippen LogP contribution in [0.4, 0.5) is 6.01 Å². The number of rotatable bonds is 8. The molecule has 0 aliphatic carbocycles. The number of anilines is 1. The van der Waals surface area contributed by atoms with Crippen molar-refractivity contribution >= 4 is 22.7 Å². The zero-order valence-electron chi connectivity index (χ0n) is 19.1. The minimum atomic E-state index is 0.0484. The molecule has 3 aromatic rings. The van der Waals surface area contributed by atoms with Crippen molar-refractivity contribution < 1.29 is 9.21 Å². The van der Waals surface area contributed by atoms with E-state index in [0.29, 0.717) is 30.3 Å². The van der Waals surface area contributed by atoms with Gasteiger partial charge in [-0.2, -0.15) is 0 Å². The molecule has 6 heteroatoms. The molecule has 166 valence electrons. The zero-order chi connectivity index (χ0) is 22.0. The SMILES string of the molecule is CCCC(CC(=O)c1cnc(N2C[C@@H](C)N(C)[C@@H](C)C2)o1)Cc1c[nH]c2ccccc12. The quantitative estimate of drug-likeness (QED) is 0.522. The Bertz CT molecular complexity index is 1010. The number of carbonyl (C=O) groups excluding carboxylic acids is 1. The molecule has 0 saturated carbocycles. The van der Waals surface area contributed by atoms with Crippen molar-refractivity contribution in [2.24, 2.45) is 5.92 Å². The number of aromatic amines is 1. The summed E-state index contributed by atoms with van der Waals surface area (Å²) in [5.41, 5.74) is 2.43. The number of nitrogens with one attached hydrogen (secondary N) is 1. The molecular weight excluding hydrogens is 388 g/mol. The topological polar surface area (TPSA) is 65.4 Å². The molecule has 1 saturated heterocycles. The number of para-hydroxylation sites is 1. The number of H-pyrrole nitrogens is 1. The summed E-state index contributed by atoms with van der Waals surface area (Å²) < 4.78 is 5.94. The van der Waals surface area contributed by atoms with E-state index in [1.807, 2.05) is 6.07 Å².